The Bertz CT molecular complexity index is 580. The van der Waals surface area contributed by atoms with Crippen LogP contribution >= 0.6 is 0 Å². The van der Waals surface area contributed by atoms with Gasteiger partial charge in [-0.2, -0.15) is 0 Å². The van der Waals surface area contributed by atoms with Gasteiger partial charge >= 0.3 is 0 Å². The number of aliphatic hydroxyl groups is 1. The second-order valence-corrected chi connectivity index (χ2v) is 6.88. The molecule has 0 aromatic heterocycles. The number of rotatable bonds is 7. The molecule has 25 heavy (non-hydrogen) atoms. The number of carbonyl (C=O) groups is 1. The van der Waals surface area contributed by atoms with E-state index >= 15 is 0 Å². The van der Waals surface area contributed by atoms with Crippen molar-refractivity contribution < 1.29 is 19.4 Å². The van der Waals surface area contributed by atoms with E-state index in [1.807, 2.05) is 24.3 Å². The molecule has 138 valence electrons. The molecule has 1 heterocycles. The molecule has 1 saturated carbocycles. The summed E-state index contributed by atoms with van der Waals surface area (Å²) in [4.78, 5) is 14.5. The van der Waals surface area contributed by atoms with E-state index in [9.17, 15) is 9.90 Å². The summed E-state index contributed by atoms with van der Waals surface area (Å²) in [5.41, 5.74) is 1.10. The molecule has 1 aromatic carbocycles. The van der Waals surface area contributed by atoms with E-state index in [2.05, 4.69) is 10.2 Å². The number of carbonyl (C=O) groups excluding carboxylic acids is 1. The summed E-state index contributed by atoms with van der Waals surface area (Å²) in [5, 5.41) is 12.4. The van der Waals surface area contributed by atoms with Gasteiger partial charge in [-0.25, -0.2) is 0 Å². The second kappa shape index (κ2) is 8.65. The zero-order chi connectivity index (χ0) is 17.6. The topological polar surface area (TPSA) is 71.0 Å². The number of amides is 1. The molecule has 1 saturated heterocycles. The third-order valence-corrected chi connectivity index (χ3v) is 5.26. The van der Waals surface area contributed by atoms with Gasteiger partial charge in [0, 0.05) is 25.7 Å². The minimum absolute atomic E-state index is 0.0444. The normalized spacial score (nSPS) is 26.2. The first kappa shape index (κ1) is 18.2. The molecule has 0 bridgehead atoms. The van der Waals surface area contributed by atoms with Crippen LogP contribution in [0.4, 0.5) is 0 Å². The van der Waals surface area contributed by atoms with Gasteiger partial charge < -0.3 is 19.9 Å². The lowest BCUT2D eigenvalue weighted by Gasteiger charge is -2.37. The third-order valence-electron chi connectivity index (χ3n) is 5.26. The largest absolute Gasteiger partial charge is 0.496 e. The number of nitrogens with one attached hydrogen (secondary N) is 1. The average molecular weight is 348 g/mol. The number of benzene rings is 1. The Hall–Kier alpha value is -1.63. The predicted molar refractivity (Wildman–Crippen MR) is 94.6 cm³/mol. The number of hydrogen-bond donors (Lipinski definition) is 2. The minimum atomic E-state index is 0.0444. The molecule has 3 rings (SSSR count). The predicted octanol–water partition coefficient (Wildman–Crippen LogP) is 0.826. The number of morpholine rings is 1. The number of ether oxygens (including phenoxy) is 2. The monoisotopic (exact) mass is 348 g/mol. The summed E-state index contributed by atoms with van der Waals surface area (Å²) in [6.45, 7) is 2.63. The van der Waals surface area contributed by atoms with E-state index < -0.39 is 0 Å². The van der Waals surface area contributed by atoms with Crippen LogP contribution in [0.2, 0.25) is 0 Å². The van der Waals surface area contributed by atoms with Crippen LogP contribution in [0.5, 0.6) is 5.75 Å². The summed E-state index contributed by atoms with van der Waals surface area (Å²) >= 11 is 0. The van der Waals surface area contributed by atoms with Gasteiger partial charge in [0.15, 0.2) is 0 Å². The average Bonchev–Trinajstić information content (AvgIpc) is 3.06. The van der Waals surface area contributed by atoms with E-state index in [-0.39, 0.29) is 24.7 Å². The molecule has 0 unspecified atom stereocenters. The van der Waals surface area contributed by atoms with Gasteiger partial charge in [-0.15, -0.1) is 0 Å². The lowest BCUT2D eigenvalue weighted by Crippen LogP contribution is -2.52. The van der Waals surface area contributed by atoms with Gasteiger partial charge in [-0.05, 0) is 36.8 Å². The highest BCUT2D eigenvalue weighted by molar-refractivity contribution is 5.78. The Labute approximate surface area is 149 Å². The number of aliphatic hydroxyl groups excluding tert-OH is 1. The molecule has 2 fully saturated rings. The fourth-order valence-corrected chi connectivity index (χ4v) is 3.96. The first-order valence-corrected chi connectivity index (χ1v) is 9.06. The molecule has 1 aromatic rings. The minimum Gasteiger partial charge on any atom is -0.496 e. The van der Waals surface area contributed by atoms with Crippen LogP contribution < -0.4 is 10.1 Å². The van der Waals surface area contributed by atoms with Crippen LogP contribution in [0.1, 0.15) is 18.4 Å². The van der Waals surface area contributed by atoms with Crippen molar-refractivity contribution in [2.45, 2.75) is 31.4 Å². The summed E-state index contributed by atoms with van der Waals surface area (Å²) in [7, 11) is 1.66. The smallest absolute Gasteiger partial charge is 0.234 e. The Morgan fingerprint density at radius 2 is 2.24 bits per heavy atom. The van der Waals surface area contributed by atoms with Crippen molar-refractivity contribution in [3.8, 4) is 5.75 Å². The Balaban J connectivity index is 1.46. The lowest BCUT2D eigenvalue weighted by molar-refractivity contribution is -0.126. The maximum absolute atomic E-state index is 12.3. The molecular formula is C19H28N2O4. The van der Waals surface area contributed by atoms with Gasteiger partial charge in [0.1, 0.15) is 5.75 Å². The molecule has 1 aliphatic heterocycles. The summed E-state index contributed by atoms with van der Waals surface area (Å²) in [6.07, 6.45) is 2.72. The van der Waals surface area contributed by atoms with Crippen LogP contribution in [0.25, 0.3) is 0 Å². The summed E-state index contributed by atoms with van der Waals surface area (Å²) in [5.74, 6) is 1.20. The Kier molecular flexibility index (Phi) is 6.29. The van der Waals surface area contributed by atoms with Crippen molar-refractivity contribution in [3.63, 3.8) is 0 Å². The molecule has 0 radical (unpaired) electrons. The lowest BCUT2D eigenvalue weighted by atomic mass is 10.1. The van der Waals surface area contributed by atoms with Crippen LogP contribution in [0.3, 0.4) is 0 Å². The molecule has 1 aliphatic carbocycles. The van der Waals surface area contributed by atoms with Gasteiger partial charge in [-0.3, -0.25) is 9.69 Å². The van der Waals surface area contributed by atoms with Crippen LogP contribution in [-0.2, 0) is 16.0 Å². The molecule has 2 N–H and O–H groups in total. The van der Waals surface area contributed by atoms with Crippen molar-refractivity contribution >= 4 is 5.91 Å². The Morgan fingerprint density at radius 3 is 3.04 bits per heavy atom. The first-order valence-electron chi connectivity index (χ1n) is 9.06. The molecule has 2 aliphatic rings. The standard InChI is InChI=1S/C19H28N2O4/c1-24-17-5-3-2-4-15(17)6-7-20-19(23)12-21-8-9-25-18-11-14(13-22)10-16(18)21/h2-5,14,16,18,22H,6-13H2,1H3,(H,20,23)/t14-,16+,18+/m1/s1. The van der Waals surface area contributed by atoms with Crippen LogP contribution in [0, 0.1) is 5.92 Å². The van der Waals surface area contributed by atoms with Gasteiger partial charge in [0.05, 0.1) is 26.4 Å². The zero-order valence-corrected chi connectivity index (χ0v) is 14.8. The van der Waals surface area contributed by atoms with Crippen molar-refractivity contribution in [2.24, 2.45) is 5.92 Å². The number of fused-ring (bicyclic) bond motifs is 1. The quantitative estimate of drug-likeness (QED) is 0.764. The molecule has 6 nitrogen and oxygen atoms in total. The van der Waals surface area contributed by atoms with Crippen LogP contribution in [0.15, 0.2) is 24.3 Å². The van der Waals surface area contributed by atoms with Crippen molar-refractivity contribution in [1.29, 1.82) is 0 Å². The van der Waals surface area contributed by atoms with Crippen molar-refractivity contribution in [3.05, 3.63) is 29.8 Å². The summed E-state index contributed by atoms with van der Waals surface area (Å²) < 4.78 is 11.1. The van der Waals surface area contributed by atoms with Gasteiger partial charge in [-0.1, -0.05) is 18.2 Å². The highest BCUT2D eigenvalue weighted by Gasteiger charge is 2.41. The number of nitrogens with zero attached hydrogens (tertiary/aromatic N) is 1. The van der Waals surface area contributed by atoms with Crippen LogP contribution in [-0.4, -0.2) is 68.0 Å². The molecule has 3 atom stereocenters. The van der Waals surface area contributed by atoms with E-state index in [1.54, 1.807) is 7.11 Å². The number of methoxy groups -OCH3 is 1. The van der Waals surface area contributed by atoms with Gasteiger partial charge in [0.2, 0.25) is 5.91 Å². The molecule has 0 spiro atoms. The highest BCUT2D eigenvalue weighted by Crippen LogP contribution is 2.33. The van der Waals surface area contributed by atoms with E-state index in [0.29, 0.717) is 25.6 Å². The van der Waals surface area contributed by atoms with E-state index in [0.717, 1.165) is 37.1 Å². The third kappa shape index (κ3) is 4.51. The molecule has 6 heteroatoms. The summed E-state index contributed by atoms with van der Waals surface area (Å²) in [6, 6.07) is 8.13. The fraction of sp³-hybridized carbons (Fsp3) is 0.632. The zero-order valence-electron chi connectivity index (χ0n) is 14.8. The Morgan fingerprint density at radius 1 is 1.40 bits per heavy atom. The maximum Gasteiger partial charge on any atom is 0.234 e. The number of para-hydroxylation sites is 1. The van der Waals surface area contributed by atoms with E-state index in [4.69, 9.17) is 9.47 Å². The first-order chi connectivity index (χ1) is 12.2. The fourth-order valence-electron chi connectivity index (χ4n) is 3.96. The maximum atomic E-state index is 12.3. The SMILES string of the molecule is COc1ccccc1CCNC(=O)CN1CCO[C@H]2C[C@H](CO)C[C@@H]21. The molecular weight excluding hydrogens is 320 g/mol. The highest BCUT2D eigenvalue weighted by atomic mass is 16.5. The van der Waals surface area contributed by atoms with Gasteiger partial charge in [0.25, 0.3) is 0 Å². The van der Waals surface area contributed by atoms with Crippen molar-refractivity contribution in [1.82, 2.24) is 10.2 Å². The number of hydrogen-bond acceptors (Lipinski definition) is 5. The molecule has 1 amide bonds. The second-order valence-electron chi connectivity index (χ2n) is 6.88. The van der Waals surface area contributed by atoms with E-state index in [1.165, 1.54) is 0 Å². The van der Waals surface area contributed by atoms with Crippen molar-refractivity contribution in [2.75, 3.05) is 40.0 Å².